The van der Waals surface area contributed by atoms with Gasteiger partial charge in [0.25, 0.3) is 0 Å². The summed E-state index contributed by atoms with van der Waals surface area (Å²) in [5.74, 6) is -0.617. The average molecular weight is 308 g/mol. The molecule has 106 valence electrons. The number of hydrogen-bond donors (Lipinski definition) is 2. The summed E-state index contributed by atoms with van der Waals surface area (Å²) in [6.07, 6.45) is 0.0598. The fraction of sp³-hybridized carbons (Fsp3) is 0.417. The third-order valence-corrected chi connectivity index (χ3v) is 3.22. The number of benzene rings is 1. The van der Waals surface area contributed by atoms with Gasteiger partial charge in [-0.2, -0.15) is 0 Å². The van der Waals surface area contributed by atoms with E-state index in [4.69, 9.17) is 33.7 Å². The van der Waals surface area contributed by atoms with Crippen molar-refractivity contribution in [1.29, 1.82) is 0 Å². The van der Waals surface area contributed by atoms with Crippen LogP contribution in [0.2, 0.25) is 10.0 Å². The zero-order valence-corrected chi connectivity index (χ0v) is 12.1. The molecule has 0 aliphatic rings. The predicted molar refractivity (Wildman–Crippen MR) is 73.0 cm³/mol. The molecule has 0 amide bonds. The Morgan fingerprint density at radius 1 is 1.53 bits per heavy atom. The molecular formula is C12H15Cl2NO4. The minimum Gasteiger partial charge on any atom is -0.503 e. The molecule has 1 aromatic rings. The van der Waals surface area contributed by atoms with Gasteiger partial charge in [-0.1, -0.05) is 23.2 Å². The van der Waals surface area contributed by atoms with Gasteiger partial charge in [-0.25, -0.2) is 0 Å². The first-order valence-corrected chi connectivity index (χ1v) is 6.34. The van der Waals surface area contributed by atoms with Gasteiger partial charge in [0, 0.05) is 17.5 Å². The van der Waals surface area contributed by atoms with Crippen LogP contribution in [0.25, 0.3) is 0 Å². The molecular weight excluding hydrogens is 293 g/mol. The highest BCUT2D eigenvalue weighted by molar-refractivity contribution is 6.37. The molecule has 0 fully saturated rings. The van der Waals surface area contributed by atoms with Crippen LogP contribution in [0.15, 0.2) is 6.07 Å². The van der Waals surface area contributed by atoms with E-state index in [1.165, 1.54) is 13.2 Å². The number of aromatic hydroxyl groups is 1. The van der Waals surface area contributed by atoms with Crippen LogP contribution in [-0.2, 0) is 16.0 Å². The predicted octanol–water partition coefficient (Wildman–Crippen LogP) is 2.14. The number of phenols is 1. The van der Waals surface area contributed by atoms with Crippen molar-refractivity contribution in [1.82, 2.24) is 0 Å². The van der Waals surface area contributed by atoms with Crippen LogP contribution in [0.1, 0.15) is 12.5 Å². The molecule has 0 saturated carbocycles. The van der Waals surface area contributed by atoms with Crippen molar-refractivity contribution >= 4 is 29.2 Å². The summed E-state index contributed by atoms with van der Waals surface area (Å²) in [6.45, 7) is 2.13. The maximum atomic E-state index is 11.3. The van der Waals surface area contributed by atoms with E-state index in [1.807, 2.05) is 0 Å². The number of carbonyl (C=O) groups is 1. The van der Waals surface area contributed by atoms with Crippen LogP contribution in [0.4, 0.5) is 0 Å². The second-order valence-electron chi connectivity index (χ2n) is 3.76. The Labute approximate surface area is 121 Å². The Hall–Kier alpha value is -1.17. The van der Waals surface area contributed by atoms with E-state index in [-0.39, 0.29) is 28.0 Å². The van der Waals surface area contributed by atoms with Crippen molar-refractivity contribution in [2.24, 2.45) is 5.73 Å². The van der Waals surface area contributed by atoms with Crippen molar-refractivity contribution in [2.75, 3.05) is 13.7 Å². The number of phenolic OH excluding ortho intramolecular Hbond substituents is 1. The van der Waals surface area contributed by atoms with Crippen LogP contribution in [0.3, 0.4) is 0 Å². The number of esters is 1. The fourth-order valence-electron chi connectivity index (χ4n) is 1.53. The quantitative estimate of drug-likeness (QED) is 0.814. The normalized spacial score (nSPS) is 12.1. The van der Waals surface area contributed by atoms with Crippen molar-refractivity contribution in [3.05, 3.63) is 21.7 Å². The van der Waals surface area contributed by atoms with Crippen molar-refractivity contribution in [3.8, 4) is 11.5 Å². The number of halogens is 2. The van der Waals surface area contributed by atoms with E-state index in [2.05, 4.69) is 4.74 Å². The largest absolute Gasteiger partial charge is 0.503 e. The van der Waals surface area contributed by atoms with Crippen molar-refractivity contribution in [2.45, 2.75) is 19.4 Å². The Bertz CT molecular complexity index is 479. The standard InChI is InChI=1S/C12H15Cl2NO4/c1-3-19-9-5-7(13)6(10(14)11(9)16)4-8(15)12(17)18-2/h5,8,16H,3-4,15H2,1-2H3/t8-/m1/s1. The topological polar surface area (TPSA) is 81.8 Å². The summed E-state index contributed by atoms with van der Waals surface area (Å²) in [5.41, 5.74) is 6.02. The van der Waals surface area contributed by atoms with Crippen LogP contribution >= 0.6 is 23.2 Å². The first-order valence-electron chi connectivity index (χ1n) is 5.58. The second-order valence-corrected chi connectivity index (χ2v) is 4.55. The van der Waals surface area contributed by atoms with Crippen LogP contribution in [0.5, 0.6) is 11.5 Å². The molecule has 0 saturated heterocycles. The van der Waals surface area contributed by atoms with Gasteiger partial charge in [0.1, 0.15) is 6.04 Å². The molecule has 0 bridgehead atoms. The summed E-state index contributed by atoms with van der Waals surface area (Å²) < 4.78 is 9.70. The third kappa shape index (κ3) is 3.65. The average Bonchev–Trinajstić information content (AvgIpc) is 2.39. The molecule has 0 unspecified atom stereocenters. The van der Waals surface area contributed by atoms with E-state index in [0.717, 1.165) is 0 Å². The smallest absolute Gasteiger partial charge is 0.322 e. The lowest BCUT2D eigenvalue weighted by atomic mass is 10.1. The summed E-state index contributed by atoms with van der Waals surface area (Å²) >= 11 is 12.1. The first kappa shape index (κ1) is 15.9. The molecule has 7 heteroatoms. The monoisotopic (exact) mass is 307 g/mol. The van der Waals surface area contributed by atoms with Gasteiger partial charge in [-0.05, 0) is 12.5 Å². The molecule has 0 heterocycles. The Balaban J connectivity index is 3.09. The number of methoxy groups -OCH3 is 1. The molecule has 0 spiro atoms. The second kappa shape index (κ2) is 6.84. The zero-order valence-electron chi connectivity index (χ0n) is 10.6. The molecule has 3 N–H and O–H groups in total. The highest BCUT2D eigenvalue weighted by atomic mass is 35.5. The first-order chi connectivity index (χ1) is 8.92. The van der Waals surface area contributed by atoms with E-state index in [9.17, 15) is 9.90 Å². The Morgan fingerprint density at radius 3 is 2.68 bits per heavy atom. The van der Waals surface area contributed by atoms with E-state index in [0.29, 0.717) is 12.2 Å². The van der Waals surface area contributed by atoms with Crippen molar-refractivity contribution < 1.29 is 19.4 Å². The molecule has 0 aromatic heterocycles. The number of ether oxygens (including phenoxy) is 2. The van der Waals surface area contributed by atoms with Crippen LogP contribution < -0.4 is 10.5 Å². The Morgan fingerprint density at radius 2 is 2.16 bits per heavy atom. The van der Waals surface area contributed by atoms with Gasteiger partial charge in [-0.3, -0.25) is 4.79 Å². The number of hydrogen-bond acceptors (Lipinski definition) is 5. The molecule has 1 atom stereocenters. The summed E-state index contributed by atoms with van der Waals surface area (Å²) in [7, 11) is 1.24. The molecule has 1 aromatic carbocycles. The van der Waals surface area contributed by atoms with Gasteiger partial charge in [0.05, 0.1) is 18.7 Å². The molecule has 5 nitrogen and oxygen atoms in total. The Kier molecular flexibility index (Phi) is 5.72. The van der Waals surface area contributed by atoms with Crippen LogP contribution in [-0.4, -0.2) is 30.8 Å². The summed E-state index contributed by atoms with van der Waals surface area (Å²) in [4.78, 5) is 11.3. The van der Waals surface area contributed by atoms with E-state index in [1.54, 1.807) is 6.92 Å². The van der Waals surface area contributed by atoms with Gasteiger partial charge >= 0.3 is 5.97 Å². The van der Waals surface area contributed by atoms with Crippen LogP contribution in [0, 0.1) is 0 Å². The van der Waals surface area contributed by atoms with Crippen molar-refractivity contribution in [3.63, 3.8) is 0 Å². The molecule has 0 aliphatic heterocycles. The number of rotatable bonds is 5. The molecule has 19 heavy (non-hydrogen) atoms. The highest BCUT2D eigenvalue weighted by Crippen LogP contribution is 2.41. The highest BCUT2D eigenvalue weighted by Gasteiger charge is 2.22. The van der Waals surface area contributed by atoms with Gasteiger partial charge in [0.15, 0.2) is 11.5 Å². The minimum absolute atomic E-state index is 0.0234. The summed E-state index contributed by atoms with van der Waals surface area (Å²) in [6, 6.07) is 0.531. The molecule has 0 aliphatic carbocycles. The summed E-state index contributed by atoms with van der Waals surface area (Å²) in [5, 5.41) is 10.2. The molecule has 0 radical (unpaired) electrons. The number of nitrogens with two attached hydrogens (primary N) is 1. The lowest BCUT2D eigenvalue weighted by Gasteiger charge is -2.15. The SMILES string of the molecule is CCOc1cc(Cl)c(C[C@@H](N)C(=O)OC)c(Cl)c1O. The fourth-order valence-corrected chi connectivity index (χ4v) is 2.12. The van der Waals surface area contributed by atoms with E-state index >= 15 is 0 Å². The lowest BCUT2D eigenvalue weighted by Crippen LogP contribution is -2.33. The van der Waals surface area contributed by atoms with Gasteiger partial charge in [0.2, 0.25) is 0 Å². The van der Waals surface area contributed by atoms with Gasteiger partial charge < -0.3 is 20.3 Å². The maximum Gasteiger partial charge on any atom is 0.322 e. The zero-order chi connectivity index (χ0) is 14.6. The van der Waals surface area contributed by atoms with E-state index < -0.39 is 12.0 Å². The van der Waals surface area contributed by atoms with Gasteiger partial charge in [-0.15, -0.1) is 0 Å². The third-order valence-electron chi connectivity index (χ3n) is 2.48. The maximum absolute atomic E-state index is 11.3. The molecule has 1 rings (SSSR count). The number of carbonyl (C=O) groups excluding carboxylic acids is 1. The lowest BCUT2D eigenvalue weighted by molar-refractivity contribution is -0.142. The minimum atomic E-state index is -0.905.